The van der Waals surface area contributed by atoms with Gasteiger partial charge in [-0.25, -0.2) is 0 Å². The number of hydrogen-bond donors (Lipinski definition) is 0. The second-order valence-electron chi connectivity index (χ2n) is 8.33. The van der Waals surface area contributed by atoms with Crippen molar-refractivity contribution >= 4 is 11.8 Å². The van der Waals surface area contributed by atoms with Crippen LogP contribution in [0.15, 0.2) is 54.6 Å². The average Bonchev–Trinajstić information content (AvgIpc) is 3.20. The third-order valence-electron chi connectivity index (χ3n) is 6.32. The molecule has 2 aliphatic rings. The second-order valence-corrected chi connectivity index (χ2v) is 8.33. The minimum absolute atomic E-state index is 0.0369. The Kier molecular flexibility index (Phi) is 6.72. The molecule has 2 saturated heterocycles. The van der Waals surface area contributed by atoms with E-state index in [1.807, 2.05) is 59.5 Å². The average molecular weight is 433 g/mol. The van der Waals surface area contributed by atoms with Gasteiger partial charge < -0.3 is 14.5 Å². The molecule has 0 spiro atoms. The first-order valence-electron chi connectivity index (χ1n) is 11.0. The Bertz CT molecular complexity index is 978. The van der Waals surface area contributed by atoms with Crippen molar-refractivity contribution < 1.29 is 14.3 Å². The summed E-state index contributed by atoms with van der Waals surface area (Å²) in [5, 5.41) is 9.74. The summed E-state index contributed by atoms with van der Waals surface area (Å²) in [6.45, 7) is 3.41. The lowest BCUT2D eigenvalue weighted by Gasteiger charge is -2.38. The fourth-order valence-corrected chi connectivity index (χ4v) is 4.51. The maximum absolute atomic E-state index is 13.1. The highest BCUT2D eigenvalue weighted by molar-refractivity contribution is 5.89. The zero-order valence-corrected chi connectivity index (χ0v) is 18.3. The third kappa shape index (κ3) is 4.76. The zero-order valence-electron chi connectivity index (χ0n) is 18.3. The van der Waals surface area contributed by atoms with E-state index in [-0.39, 0.29) is 30.2 Å². The van der Waals surface area contributed by atoms with E-state index >= 15 is 0 Å². The van der Waals surface area contributed by atoms with Gasteiger partial charge in [0, 0.05) is 45.7 Å². The van der Waals surface area contributed by atoms with Crippen molar-refractivity contribution in [3.8, 4) is 11.8 Å². The van der Waals surface area contributed by atoms with Crippen molar-refractivity contribution in [1.82, 2.24) is 14.7 Å². The van der Waals surface area contributed by atoms with Crippen LogP contribution < -0.4 is 4.74 Å². The number of hydrogen-bond acceptors (Lipinski definition) is 5. The summed E-state index contributed by atoms with van der Waals surface area (Å²) in [5.74, 6) is 0.556. The molecule has 0 saturated carbocycles. The highest BCUT2D eigenvalue weighted by Gasteiger charge is 2.37. The molecule has 166 valence electrons. The van der Waals surface area contributed by atoms with Gasteiger partial charge in [0.15, 0.2) is 0 Å². The SMILES string of the molecule is COc1ccc(C(C#N)N2CCN(C(=O)C3CC(=O)N(Cc4ccccc4)C3)CC2)cc1. The third-order valence-corrected chi connectivity index (χ3v) is 6.32. The van der Waals surface area contributed by atoms with E-state index in [0.717, 1.165) is 16.9 Å². The van der Waals surface area contributed by atoms with Gasteiger partial charge in [0.1, 0.15) is 11.8 Å². The van der Waals surface area contributed by atoms with Crippen LogP contribution in [0.4, 0.5) is 0 Å². The van der Waals surface area contributed by atoms with Crippen LogP contribution in [0.5, 0.6) is 5.75 Å². The fraction of sp³-hybridized carbons (Fsp3) is 0.400. The fourth-order valence-electron chi connectivity index (χ4n) is 4.51. The molecule has 2 aromatic rings. The number of rotatable bonds is 6. The molecule has 32 heavy (non-hydrogen) atoms. The lowest BCUT2D eigenvalue weighted by molar-refractivity contribution is -0.137. The number of amides is 2. The van der Waals surface area contributed by atoms with Gasteiger partial charge in [-0.05, 0) is 23.3 Å². The van der Waals surface area contributed by atoms with Crippen molar-refractivity contribution in [3.63, 3.8) is 0 Å². The van der Waals surface area contributed by atoms with E-state index in [0.29, 0.717) is 39.3 Å². The molecule has 2 fully saturated rings. The van der Waals surface area contributed by atoms with Crippen LogP contribution in [0.25, 0.3) is 0 Å². The molecular formula is C25H28N4O3. The molecule has 0 aromatic heterocycles. The van der Waals surface area contributed by atoms with Gasteiger partial charge in [0.25, 0.3) is 0 Å². The van der Waals surface area contributed by atoms with Crippen molar-refractivity contribution in [2.45, 2.75) is 19.0 Å². The normalized spacial score (nSPS) is 20.1. The standard InChI is InChI=1S/C25H28N4O3/c1-32-22-9-7-20(8-10-22)23(16-26)27-11-13-28(14-12-27)25(31)21-15-24(30)29(18-21)17-19-5-3-2-4-6-19/h2-10,21,23H,11-15,17-18H2,1H3. The minimum Gasteiger partial charge on any atom is -0.497 e. The minimum atomic E-state index is -0.354. The second kappa shape index (κ2) is 9.84. The number of piperazine rings is 1. The molecule has 2 amide bonds. The van der Waals surface area contributed by atoms with Gasteiger partial charge in [0.2, 0.25) is 11.8 Å². The van der Waals surface area contributed by atoms with Gasteiger partial charge in [-0.15, -0.1) is 0 Å². The molecular weight excluding hydrogens is 404 g/mol. The molecule has 2 unspecified atom stereocenters. The van der Waals surface area contributed by atoms with Gasteiger partial charge in [-0.3, -0.25) is 14.5 Å². The van der Waals surface area contributed by atoms with Gasteiger partial charge >= 0.3 is 0 Å². The van der Waals surface area contributed by atoms with Gasteiger partial charge in [-0.2, -0.15) is 5.26 Å². The molecule has 2 atom stereocenters. The Balaban J connectivity index is 1.32. The van der Waals surface area contributed by atoms with E-state index in [2.05, 4.69) is 11.0 Å². The zero-order chi connectivity index (χ0) is 22.5. The van der Waals surface area contributed by atoms with Crippen molar-refractivity contribution in [2.24, 2.45) is 5.92 Å². The van der Waals surface area contributed by atoms with Crippen LogP contribution in [0.2, 0.25) is 0 Å². The number of likely N-dealkylation sites (tertiary alicyclic amines) is 1. The first-order valence-corrected chi connectivity index (χ1v) is 11.0. The van der Waals surface area contributed by atoms with Gasteiger partial charge in [-0.1, -0.05) is 42.5 Å². The predicted octanol–water partition coefficient (Wildman–Crippen LogP) is 2.45. The molecule has 4 rings (SSSR count). The number of nitrogens with zero attached hydrogens (tertiary/aromatic N) is 4. The van der Waals surface area contributed by atoms with E-state index in [9.17, 15) is 14.9 Å². The first kappa shape index (κ1) is 21.8. The lowest BCUT2D eigenvalue weighted by Crippen LogP contribution is -2.51. The van der Waals surface area contributed by atoms with E-state index < -0.39 is 0 Å². The molecule has 0 bridgehead atoms. The summed E-state index contributed by atoms with van der Waals surface area (Å²) in [7, 11) is 1.62. The summed E-state index contributed by atoms with van der Waals surface area (Å²) in [6, 6.07) is 19.4. The Hall–Kier alpha value is -3.37. The molecule has 2 aromatic carbocycles. The van der Waals surface area contributed by atoms with E-state index in [4.69, 9.17) is 4.74 Å². The van der Waals surface area contributed by atoms with Crippen molar-refractivity contribution in [2.75, 3.05) is 39.8 Å². The monoisotopic (exact) mass is 432 g/mol. The molecule has 0 radical (unpaired) electrons. The molecule has 0 N–H and O–H groups in total. The molecule has 0 aliphatic carbocycles. The predicted molar refractivity (Wildman–Crippen MR) is 119 cm³/mol. The van der Waals surface area contributed by atoms with Crippen molar-refractivity contribution in [3.05, 3.63) is 65.7 Å². The van der Waals surface area contributed by atoms with Crippen LogP contribution in [0, 0.1) is 17.2 Å². The quantitative estimate of drug-likeness (QED) is 0.701. The van der Waals surface area contributed by atoms with Crippen LogP contribution in [0.1, 0.15) is 23.6 Å². The van der Waals surface area contributed by atoms with Crippen LogP contribution in [0.3, 0.4) is 0 Å². The largest absolute Gasteiger partial charge is 0.497 e. The summed E-state index contributed by atoms with van der Waals surface area (Å²) >= 11 is 0. The Morgan fingerprint density at radius 2 is 1.78 bits per heavy atom. The van der Waals surface area contributed by atoms with E-state index in [1.54, 1.807) is 12.0 Å². The Morgan fingerprint density at radius 1 is 1.09 bits per heavy atom. The number of methoxy groups -OCH3 is 1. The number of ether oxygens (including phenoxy) is 1. The van der Waals surface area contributed by atoms with Crippen LogP contribution in [-0.2, 0) is 16.1 Å². The Labute approximate surface area is 188 Å². The highest BCUT2D eigenvalue weighted by atomic mass is 16.5. The molecule has 7 nitrogen and oxygen atoms in total. The highest BCUT2D eigenvalue weighted by Crippen LogP contribution is 2.26. The Morgan fingerprint density at radius 3 is 2.41 bits per heavy atom. The lowest BCUT2D eigenvalue weighted by atomic mass is 10.0. The summed E-state index contributed by atoms with van der Waals surface area (Å²) in [5.41, 5.74) is 2.00. The maximum Gasteiger partial charge on any atom is 0.228 e. The van der Waals surface area contributed by atoms with Crippen molar-refractivity contribution in [1.29, 1.82) is 5.26 Å². The van der Waals surface area contributed by atoms with Crippen LogP contribution >= 0.6 is 0 Å². The maximum atomic E-state index is 13.1. The van der Waals surface area contributed by atoms with Gasteiger partial charge in [0.05, 0.1) is 19.1 Å². The molecule has 2 aliphatic heterocycles. The number of carbonyl (C=O) groups excluding carboxylic acids is 2. The summed E-state index contributed by atoms with van der Waals surface area (Å²) < 4.78 is 5.20. The van der Waals surface area contributed by atoms with Crippen LogP contribution in [-0.4, -0.2) is 66.3 Å². The number of benzene rings is 2. The number of nitriles is 1. The molecule has 7 heteroatoms. The summed E-state index contributed by atoms with van der Waals surface area (Å²) in [4.78, 5) is 31.3. The van der Waals surface area contributed by atoms with E-state index in [1.165, 1.54) is 0 Å². The molecule has 2 heterocycles. The number of carbonyl (C=O) groups is 2. The smallest absolute Gasteiger partial charge is 0.228 e. The summed E-state index contributed by atoms with van der Waals surface area (Å²) in [6.07, 6.45) is 0.276. The topological polar surface area (TPSA) is 76.9 Å². The first-order chi connectivity index (χ1) is 15.6.